The maximum atomic E-state index is 12.5. The normalized spacial score (nSPS) is 19.5. The minimum Gasteiger partial charge on any atom is -0.494 e. The van der Waals surface area contributed by atoms with Gasteiger partial charge in [-0.3, -0.25) is 29.0 Å². The van der Waals surface area contributed by atoms with Gasteiger partial charge in [-0.25, -0.2) is 9.78 Å². The lowest BCUT2D eigenvalue weighted by molar-refractivity contribution is -0.191. The number of nitrogens with one attached hydrogen (secondary N) is 7. The number of fused-ring (bicyclic) bond motifs is 5. The fraction of sp³-hybridized carbons (Fsp3) is 0.484. The molecule has 2 saturated carbocycles. The molecule has 8 aliphatic rings. The summed E-state index contributed by atoms with van der Waals surface area (Å²) in [5.74, 6) is 6.53. The Morgan fingerprint density at radius 2 is 1.18 bits per heavy atom. The van der Waals surface area contributed by atoms with E-state index in [1.54, 1.807) is 0 Å². The smallest absolute Gasteiger partial charge is 0.407 e. The fourth-order valence-electron chi connectivity index (χ4n) is 16.3. The topological polar surface area (TPSA) is 386 Å². The lowest BCUT2D eigenvalue weighted by Crippen LogP contribution is -2.48. The van der Waals surface area contributed by atoms with Gasteiger partial charge in [-0.1, -0.05) is 97.6 Å². The lowest BCUT2D eigenvalue weighted by atomic mass is 9.79. The van der Waals surface area contributed by atoms with Crippen LogP contribution in [0.15, 0.2) is 165 Å². The molecule has 2 saturated heterocycles. The first-order chi connectivity index (χ1) is 60.6. The number of aromatic nitrogens is 2. The number of amidine groups is 1. The van der Waals surface area contributed by atoms with Gasteiger partial charge in [-0.05, 0) is 217 Å². The van der Waals surface area contributed by atoms with Crippen molar-refractivity contribution in [3.05, 3.63) is 156 Å². The summed E-state index contributed by atoms with van der Waals surface area (Å²) in [5.41, 5.74) is 18.9. The van der Waals surface area contributed by atoms with Gasteiger partial charge in [0.15, 0.2) is 11.3 Å². The molecule has 0 spiro atoms. The second-order valence-electron chi connectivity index (χ2n) is 33.2. The molecule has 3 aliphatic carbocycles. The molecule has 6 heterocycles. The molecule has 0 radical (unpaired) electrons. The van der Waals surface area contributed by atoms with Crippen molar-refractivity contribution in [3.8, 4) is 64.1 Å². The van der Waals surface area contributed by atoms with Crippen LogP contribution in [0.1, 0.15) is 152 Å². The van der Waals surface area contributed by atoms with Gasteiger partial charge in [0.05, 0.1) is 48.9 Å². The highest BCUT2D eigenvalue weighted by atomic mass is 16.5. The van der Waals surface area contributed by atoms with Gasteiger partial charge in [0.2, 0.25) is 23.6 Å². The maximum absolute atomic E-state index is 12.5. The Hall–Kier alpha value is -12.2. The summed E-state index contributed by atoms with van der Waals surface area (Å²) in [4.78, 5) is 112. The van der Waals surface area contributed by atoms with E-state index < -0.39 is 35.7 Å². The number of likely N-dealkylation sites (N-methyl/N-ethyl adjacent to an activating group) is 2. The first-order valence-corrected chi connectivity index (χ1v) is 43.7. The Morgan fingerprint density at radius 3 is 1.75 bits per heavy atom. The molecule has 30 nitrogen and oxygen atoms in total. The predicted octanol–water partition coefficient (Wildman–Crippen LogP) is 11.4. The number of carboxylic acids is 1. The summed E-state index contributed by atoms with van der Waals surface area (Å²) >= 11 is 0. The molecule has 0 bridgehead atoms. The third-order valence-electron chi connectivity index (χ3n) is 24.1. The number of aromatic amines is 1. The molecule has 15 rings (SSSR count). The van der Waals surface area contributed by atoms with Crippen molar-refractivity contribution in [2.24, 2.45) is 37.1 Å². The van der Waals surface area contributed by atoms with Gasteiger partial charge in [-0.15, -0.1) is 12.8 Å². The van der Waals surface area contributed by atoms with Crippen LogP contribution < -0.4 is 52.2 Å². The van der Waals surface area contributed by atoms with E-state index >= 15 is 0 Å². The molecule has 5 aliphatic heterocycles. The molecule has 125 heavy (non-hydrogen) atoms. The van der Waals surface area contributed by atoms with E-state index in [9.17, 15) is 28.8 Å². The predicted molar refractivity (Wildman–Crippen MR) is 481 cm³/mol. The van der Waals surface area contributed by atoms with Crippen molar-refractivity contribution in [1.29, 1.82) is 0 Å². The quantitative estimate of drug-likeness (QED) is 0.0136. The van der Waals surface area contributed by atoms with Gasteiger partial charge in [-0.2, -0.15) is 30.0 Å². The number of amides is 5. The number of aliphatic imine (C=N–C) groups is 1. The highest BCUT2D eigenvalue weighted by Crippen LogP contribution is 2.45. The van der Waals surface area contributed by atoms with Crippen LogP contribution in [0.2, 0.25) is 0 Å². The standard InChI is InChI=1S/C40H47N9O4.C28H42N4O3.C22H23N3O3.C4H8N2.CO2/c1-4-20-42-39(52)34(43-37(51)17-19-40(2)46-47-40)18-21-41-36(50)6-5-26-53-32-14-9-29(10-15-32)38-44-33-16-11-30(27-35(33)45-38)28-7-12-31(13-8-28)49-24-22-48(3)23-25-49;1-31-14-16-32(17-15-31)23-9-4-20(5-10-23)22-8-13-25-26(19-22)30-28(29-25)21-6-11-24(12-7-21)35-18-2-3-27(33)34;1-2-13-24-21(26)20(11-12-23)25-22(27)28-14-19-17-9-5-3-7-15(17)16-8-4-6-10-18(16)19;1-3-4(2)5-6-4;2-1-3/h1,7-16,27,34H,5-6,17-26H2,2-3H3,(H,41,50)(H,42,52)(H,43,51)(H,44,45);4-5,9-10,21-22,24-26H,2-3,6-8,11-19H2,1H3,(H,29,30)(H,33,34);1,3-10,19-20H,11-14,23H2,(H,24,26)(H,25,27);3H2,1-2H3;/t34-;;20-;;/m0.0../s1. The average molecular weight is 1710 g/mol. The molecular formula is C95H120N18O12. The van der Waals surface area contributed by atoms with Gasteiger partial charge < -0.3 is 81.5 Å². The number of anilines is 2. The Morgan fingerprint density at radius 1 is 0.624 bits per heavy atom. The summed E-state index contributed by atoms with van der Waals surface area (Å²) in [7, 11) is 4.37. The summed E-state index contributed by atoms with van der Waals surface area (Å²) in [6.45, 7) is 16.4. The Balaban J connectivity index is 0.000000182. The largest absolute Gasteiger partial charge is 0.494 e. The van der Waals surface area contributed by atoms with Crippen LogP contribution in [0.25, 0.3) is 44.7 Å². The number of terminal acetylenes is 2. The Bertz CT molecular complexity index is 4900. The van der Waals surface area contributed by atoms with Gasteiger partial charge in [0.1, 0.15) is 36.1 Å². The summed E-state index contributed by atoms with van der Waals surface area (Å²) < 4.78 is 17.3. The number of imidazole rings is 1. The first-order valence-electron chi connectivity index (χ1n) is 43.7. The minimum absolute atomic E-state index is 0.0404. The highest BCUT2D eigenvalue weighted by molar-refractivity contribution is 5.89. The molecule has 30 heteroatoms. The lowest BCUT2D eigenvalue weighted by Gasteiger charge is -2.34. The van der Waals surface area contributed by atoms with Crippen LogP contribution >= 0.6 is 0 Å². The van der Waals surface area contributed by atoms with E-state index in [1.807, 2.05) is 80.6 Å². The number of hydrogen-bond acceptors (Lipinski definition) is 23. The third kappa shape index (κ3) is 28.2. The van der Waals surface area contributed by atoms with E-state index in [4.69, 9.17) is 57.5 Å². The third-order valence-corrected chi connectivity index (χ3v) is 24.1. The van der Waals surface area contributed by atoms with Gasteiger partial charge in [0, 0.05) is 120 Å². The summed E-state index contributed by atoms with van der Waals surface area (Å²) in [6.07, 6.45) is 22.0. The van der Waals surface area contributed by atoms with Crippen LogP contribution in [0.4, 0.5) is 16.2 Å². The highest BCUT2D eigenvalue weighted by Gasteiger charge is 2.40. The second-order valence-corrected chi connectivity index (χ2v) is 33.2. The maximum Gasteiger partial charge on any atom is 0.407 e. The van der Waals surface area contributed by atoms with E-state index in [2.05, 4.69) is 183 Å². The Labute approximate surface area is 732 Å². The zero-order valence-electron chi connectivity index (χ0n) is 72.5. The number of aliphatic carboxylic acids is 1. The number of alkyl carbamates (subject to hydrolysis) is 1. The SMILES string of the molecule is C#CCNC(=O)[C@H](CCN)NC(=O)OCC1c2ccccc2-c2ccccc21.C#CCNC(=O)[C@H](CCNC(=O)CCCOc1ccc(-c2nc3ccc(-c4ccc(N5CCN(C)CC5)cc4)cc3[nH]2)cc1)NC(=O)CCC1(C)N=N1.CCC1(C)N=N1.CN1CCN(c2ccc(C3CCC4N=C(C5CCC(OCCCC(=O)O)CC5)NC4C3)cc2)CC1.O=C=O. The number of benzene rings is 6. The van der Waals surface area contributed by atoms with Gasteiger partial charge in [0.25, 0.3) is 0 Å². The van der Waals surface area contributed by atoms with Crippen molar-refractivity contribution in [2.75, 3.05) is 122 Å². The molecule has 1 aromatic heterocycles. The van der Waals surface area contributed by atoms with Crippen molar-refractivity contribution >= 4 is 70.1 Å². The van der Waals surface area contributed by atoms with Crippen LogP contribution in [0.3, 0.4) is 0 Å². The fourth-order valence-corrected chi connectivity index (χ4v) is 16.3. The molecule has 5 amide bonds. The van der Waals surface area contributed by atoms with Crippen LogP contribution in [-0.2, 0) is 43.0 Å². The number of piperazine rings is 2. The number of carbonyl (C=O) groups is 6. The molecule has 10 N–H and O–H groups in total. The van der Waals surface area contributed by atoms with E-state index in [0.29, 0.717) is 68.6 Å². The zero-order chi connectivity index (χ0) is 88.7. The van der Waals surface area contributed by atoms with Crippen molar-refractivity contribution in [2.45, 2.75) is 177 Å². The van der Waals surface area contributed by atoms with E-state index in [-0.39, 0.29) is 100 Å². The zero-order valence-corrected chi connectivity index (χ0v) is 72.5. The van der Waals surface area contributed by atoms with Crippen LogP contribution in [0.5, 0.6) is 5.75 Å². The van der Waals surface area contributed by atoms with E-state index in [1.165, 1.54) is 47.6 Å². The molecule has 7 aromatic rings. The summed E-state index contributed by atoms with van der Waals surface area (Å²) in [6, 6.07) is 47.7. The molecular weight excluding hydrogens is 1590 g/mol. The van der Waals surface area contributed by atoms with Gasteiger partial charge >= 0.3 is 18.2 Å². The Kier molecular flexibility index (Phi) is 34.8. The molecule has 6 aromatic carbocycles. The molecule has 662 valence electrons. The van der Waals surface area contributed by atoms with Crippen molar-refractivity contribution < 1.29 is 57.7 Å². The first kappa shape index (κ1) is 93.5. The minimum atomic E-state index is -0.823. The van der Waals surface area contributed by atoms with E-state index in [0.717, 1.165) is 135 Å². The average Bonchev–Trinajstić information content (AvgIpc) is 1.61. The number of H-pyrrole nitrogens is 1. The second kappa shape index (κ2) is 46.5. The monoisotopic (exact) mass is 1700 g/mol. The van der Waals surface area contributed by atoms with Crippen molar-refractivity contribution in [3.63, 3.8) is 0 Å². The number of nitrogens with zero attached hydrogens (tertiary/aromatic N) is 10. The van der Waals surface area contributed by atoms with Crippen molar-refractivity contribution in [1.82, 2.24) is 51.7 Å². The summed E-state index contributed by atoms with van der Waals surface area (Å²) in [5, 5.41) is 41.2. The molecule has 3 unspecified atom stereocenters. The number of nitrogens with two attached hydrogens (primary N) is 1. The number of carbonyl (C=O) groups excluding carboxylic acids is 7. The number of hydrogen-bond donors (Lipinski definition) is 9. The molecule has 4 fully saturated rings. The van der Waals surface area contributed by atoms with Crippen LogP contribution in [-0.4, -0.2) is 227 Å². The number of carboxylic acid groups (broad SMARTS) is 1. The van der Waals surface area contributed by atoms with Crippen LogP contribution in [0, 0.1) is 30.6 Å². The molecule has 5 atom stereocenters. The number of rotatable bonds is 33. The number of ether oxygens (including phenoxy) is 3.